The summed E-state index contributed by atoms with van der Waals surface area (Å²) in [6.45, 7) is 5.42. The molecule has 210 valence electrons. The molecule has 3 rings (SSSR count). The Morgan fingerprint density at radius 2 is 1.85 bits per heavy atom. The third-order valence-corrected chi connectivity index (χ3v) is 8.72. The van der Waals surface area contributed by atoms with Gasteiger partial charge in [0.15, 0.2) is 6.79 Å². The highest BCUT2D eigenvalue weighted by molar-refractivity contribution is 7.59. The van der Waals surface area contributed by atoms with Gasteiger partial charge in [-0.3, -0.25) is 18.7 Å². The van der Waals surface area contributed by atoms with Crippen molar-refractivity contribution in [3.8, 4) is 0 Å². The molecule has 13 heteroatoms. The lowest BCUT2D eigenvalue weighted by Gasteiger charge is -2.24. The van der Waals surface area contributed by atoms with Crippen LogP contribution in [0.2, 0.25) is 5.02 Å². The zero-order chi connectivity index (χ0) is 29.2. The molecule has 0 aliphatic carbocycles. The van der Waals surface area contributed by atoms with Crippen molar-refractivity contribution in [2.75, 3.05) is 13.5 Å². The van der Waals surface area contributed by atoms with E-state index >= 15 is 0 Å². The Bertz CT molecular complexity index is 1460. The molecule has 3 aromatic rings. The van der Waals surface area contributed by atoms with Crippen LogP contribution in [0, 0.1) is 11.2 Å². The normalized spacial score (nSPS) is 14.8. The Morgan fingerprint density at radius 1 is 1.15 bits per heavy atom. The van der Waals surface area contributed by atoms with Crippen LogP contribution in [0.5, 0.6) is 0 Å². The maximum atomic E-state index is 13.7. The van der Waals surface area contributed by atoms with Gasteiger partial charge in [-0.25, -0.2) is 4.39 Å². The summed E-state index contributed by atoms with van der Waals surface area (Å²) in [6.07, 6.45) is -2.67. The maximum Gasteiger partial charge on any atom is 0.416 e. The maximum absolute atomic E-state index is 13.7. The molecule has 1 aromatic heterocycles. The number of ether oxygens (including phenoxy) is 1. The Labute approximate surface area is 231 Å². The average Bonchev–Trinajstić information content (AvgIpc) is 3.19. The second-order valence-corrected chi connectivity index (χ2v) is 13.6. The molecule has 1 heterocycles. The van der Waals surface area contributed by atoms with Gasteiger partial charge >= 0.3 is 12.1 Å². The minimum atomic E-state index is -4.76. The minimum Gasteiger partial charge on any atom is -0.438 e. The Balaban J connectivity index is 1.91. The fourth-order valence-electron chi connectivity index (χ4n) is 3.49. The number of hydrogen-bond acceptors (Lipinski definition) is 6. The third kappa shape index (κ3) is 7.91. The second kappa shape index (κ2) is 11.8. The molecule has 6 nitrogen and oxygen atoms in total. The second-order valence-electron chi connectivity index (χ2n) is 9.68. The van der Waals surface area contributed by atoms with Crippen molar-refractivity contribution in [2.45, 2.75) is 32.6 Å². The number of thiophene rings is 1. The van der Waals surface area contributed by atoms with Crippen LogP contribution in [0.15, 0.2) is 48.0 Å². The van der Waals surface area contributed by atoms with E-state index in [-0.39, 0.29) is 5.56 Å². The molecule has 2 aromatic carbocycles. The van der Waals surface area contributed by atoms with Crippen LogP contribution in [-0.4, -0.2) is 25.3 Å². The van der Waals surface area contributed by atoms with E-state index in [0.29, 0.717) is 22.0 Å². The van der Waals surface area contributed by atoms with Gasteiger partial charge in [0.2, 0.25) is 13.3 Å². The summed E-state index contributed by atoms with van der Waals surface area (Å²) < 4.78 is 77.8. The average molecular weight is 606 g/mol. The number of benzene rings is 2. The SMILES string of the molecule is CC(C)(C)C(=O)OCOP(C)(=O)C(C(=O)N/C=C/c1cc(F)cc(C(F)(F)F)c1)c1csc2ccc(Cl)cc12. The first kappa shape index (κ1) is 30.8. The van der Waals surface area contributed by atoms with Crippen molar-refractivity contribution in [3.63, 3.8) is 0 Å². The van der Waals surface area contributed by atoms with Crippen molar-refractivity contribution in [2.24, 2.45) is 5.41 Å². The van der Waals surface area contributed by atoms with Crippen LogP contribution in [0.25, 0.3) is 16.2 Å². The van der Waals surface area contributed by atoms with Crippen molar-refractivity contribution < 1.29 is 41.0 Å². The molecule has 2 atom stereocenters. The first-order valence-electron chi connectivity index (χ1n) is 11.4. The largest absolute Gasteiger partial charge is 0.438 e. The molecule has 0 aliphatic heterocycles. The molecule has 0 fully saturated rings. The quantitative estimate of drug-likeness (QED) is 0.122. The number of halogens is 5. The Kier molecular flexibility index (Phi) is 9.32. The molecule has 2 unspecified atom stereocenters. The molecule has 39 heavy (non-hydrogen) atoms. The predicted molar refractivity (Wildman–Crippen MR) is 143 cm³/mol. The van der Waals surface area contributed by atoms with Crippen molar-refractivity contribution >= 4 is 58.3 Å². The van der Waals surface area contributed by atoms with Crippen LogP contribution >= 0.6 is 30.3 Å². The van der Waals surface area contributed by atoms with Gasteiger partial charge in [-0.05, 0) is 85.1 Å². The molecule has 0 aliphatic rings. The van der Waals surface area contributed by atoms with Crippen LogP contribution in [0.1, 0.15) is 43.1 Å². The van der Waals surface area contributed by atoms with Gasteiger partial charge in [-0.2, -0.15) is 13.2 Å². The van der Waals surface area contributed by atoms with E-state index < -0.39 is 54.7 Å². The Hall–Kier alpha value is -2.72. The molecule has 0 radical (unpaired) electrons. The summed E-state index contributed by atoms with van der Waals surface area (Å²) in [5, 5.41) is 4.94. The van der Waals surface area contributed by atoms with E-state index in [1.807, 2.05) is 0 Å². The van der Waals surface area contributed by atoms with Gasteiger partial charge in [0.05, 0.1) is 11.0 Å². The van der Waals surface area contributed by atoms with Crippen molar-refractivity contribution in [1.29, 1.82) is 0 Å². The van der Waals surface area contributed by atoms with Crippen LogP contribution in [0.4, 0.5) is 17.6 Å². The first-order chi connectivity index (χ1) is 18.0. The monoisotopic (exact) mass is 605 g/mol. The van der Waals surface area contributed by atoms with E-state index in [4.69, 9.17) is 20.9 Å². The molecular formula is C26H25ClF4NO5PS. The van der Waals surface area contributed by atoms with Gasteiger partial charge in [0.25, 0.3) is 0 Å². The Morgan fingerprint density at radius 3 is 2.49 bits per heavy atom. The number of rotatable bonds is 8. The summed E-state index contributed by atoms with van der Waals surface area (Å²) in [5.41, 5.74) is -3.25. The summed E-state index contributed by atoms with van der Waals surface area (Å²) in [5.74, 6) is -2.52. The molecule has 1 N–H and O–H groups in total. The molecule has 0 bridgehead atoms. The van der Waals surface area contributed by atoms with Gasteiger partial charge in [-0.1, -0.05) is 11.6 Å². The van der Waals surface area contributed by atoms with Gasteiger partial charge in [0, 0.05) is 22.6 Å². The fourth-order valence-corrected chi connectivity index (χ4v) is 6.36. The fraction of sp³-hybridized carbons (Fsp3) is 0.308. The number of fused-ring (bicyclic) bond motifs is 1. The summed E-state index contributed by atoms with van der Waals surface area (Å²) >= 11 is 7.42. The van der Waals surface area contributed by atoms with Crippen molar-refractivity contribution in [1.82, 2.24) is 5.32 Å². The van der Waals surface area contributed by atoms with E-state index in [2.05, 4.69) is 5.32 Å². The molecule has 1 amide bonds. The smallest absolute Gasteiger partial charge is 0.416 e. The molecular weight excluding hydrogens is 581 g/mol. The third-order valence-electron chi connectivity index (χ3n) is 5.44. The standard InChI is InChI=1S/C26H25ClF4NO5PS/c1-25(2,3)24(34)36-14-37-38(4,35)22(20-13-39-21-6-5-17(27)12-19(20)21)23(33)32-8-7-15-9-16(26(29,30)31)11-18(28)10-15/h5-13,22H,14H2,1-4H3,(H,32,33)/b8-7+. The molecule has 0 saturated heterocycles. The zero-order valence-electron chi connectivity index (χ0n) is 21.3. The van der Waals surface area contributed by atoms with E-state index in [1.54, 1.807) is 44.4 Å². The topological polar surface area (TPSA) is 81.7 Å². The lowest BCUT2D eigenvalue weighted by molar-refractivity contribution is -0.159. The summed E-state index contributed by atoms with van der Waals surface area (Å²) in [7, 11) is -3.89. The highest BCUT2D eigenvalue weighted by Gasteiger charge is 2.39. The van der Waals surface area contributed by atoms with E-state index in [9.17, 15) is 31.7 Å². The summed E-state index contributed by atoms with van der Waals surface area (Å²) in [4.78, 5) is 25.4. The van der Waals surface area contributed by atoms with E-state index in [0.717, 1.165) is 29.1 Å². The number of carbonyl (C=O) groups excluding carboxylic acids is 2. The number of carbonyl (C=O) groups is 2. The number of esters is 1. The van der Waals surface area contributed by atoms with Gasteiger partial charge in [-0.15, -0.1) is 11.3 Å². The number of alkyl halides is 3. The van der Waals surface area contributed by atoms with Gasteiger partial charge in [0.1, 0.15) is 11.5 Å². The number of amides is 1. The van der Waals surface area contributed by atoms with Crippen molar-refractivity contribution in [3.05, 3.63) is 75.5 Å². The van der Waals surface area contributed by atoms with Gasteiger partial charge < -0.3 is 10.1 Å². The van der Waals surface area contributed by atoms with E-state index in [1.165, 1.54) is 18.0 Å². The molecule has 0 saturated carbocycles. The number of nitrogens with one attached hydrogen (secondary N) is 1. The summed E-state index contributed by atoms with van der Waals surface area (Å²) in [6, 6.07) is 6.93. The lowest BCUT2D eigenvalue weighted by Crippen LogP contribution is -2.27. The first-order valence-corrected chi connectivity index (χ1v) is 14.8. The van der Waals surface area contributed by atoms with Crippen LogP contribution < -0.4 is 5.32 Å². The number of hydrogen-bond donors (Lipinski definition) is 1. The highest BCUT2D eigenvalue weighted by Crippen LogP contribution is 2.59. The predicted octanol–water partition coefficient (Wildman–Crippen LogP) is 8.01. The molecule has 0 spiro atoms. The van der Waals surface area contributed by atoms with Crippen LogP contribution in [-0.2, 0) is 29.6 Å². The minimum absolute atomic E-state index is 0.156. The lowest BCUT2D eigenvalue weighted by atomic mass is 9.98. The van der Waals surface area contributed by atoms with Crippen LogP contribution in [0.3, 0.4) is 0 Å². The zero-order valence-corrected chi connectivity index (χ0v) is 23.7. The highest BCUT2D eigenvalue weighted by atomic mass is 35.5.